The Morgan fingerprint density at radius 2 is 2.40 bits per heavy atom. The molecular weight excluding hydrogens is 148 g/mol. The summed E-state index contributed by atoms with van der Waals surface area (Å²) >= 11 is 5.60. The number of rotatable bonds is 0. The van der Waals surface area contributed by atoms with Crippen LogP contribution >= 0.6 is 11.6 Å². The Kier molecular flexibility index (Phi) is 1.79. The Bertz CT molecular complexity index is 268. The lowest BCUT2D eigenvalue weighted by molar-refractivity contribution is 1.32. The minimum absolute atomic E-state index is 0.280. The van der Waals surface area contributed by atoms with E-state index in [1.54, 1.807) is 6.07 Å². The van der Waals surface area contributed by atoms with E-state index in [9.17, 15) is 0 Å². The molecule has 0 spiro atoms. The molecule has 10 heavy (non-hydrogen) atoms. The van der Waals surface area contributed by atoms with E-state index < -0.39 is 0 Å². The third-order valence-corrected chi connectivity index (χ3v) is 1.37. The molecule has 1 rings (SSSR count). The van der Waals surface area contributed by atoms with Gasteiger partial charge in [0.15, 0.2) is 0 Å². The van der Waals surface area contributed by atoms with Crippen LogP contribution in [0.4, 0.5) is 5.69 Å². The molecule has 0 saturated heterocycles. The number of pyridine rings is 1. The minimum Gasteiger partial charge on any atom is -0.398 e. The summed E-state index contributed by atoms with van der Waals surface area (Å²) in [6.45, 7) is 0. The molecule has 0 aliphatic heterocycles. The first kappa shape index (κ1) is 6.91. The number of halogens is 1. The van der Waals surface area contributed by atoms with Gasteiger partial charge in [-0.1, -0.05) is 17.5 Å². The van der Waals surface area contributed by atoms with Crippen molar-refractivity contribution in [2.24, 2.45) is 0 Å². The summed E-state index contributed by atoms with van der Waals surface area (Å²) in [4.78, 5) is 3.75. The summed E-state index contributed by atoms with van der Waals surface area (Å²) < 4.78 is 0. The number of nitrogens with two attached hydrogens (primary N) is 1. The zero-order chi connectivity index (χ0) is 7.56. The van der Waals surface area contributed by atoms with Crippen LogP contribution in [0.1, 0.15) is 5.56 Å². The maximum atomic E-state index is 5.60. The normalized spacial score (nSPS) is 8.80. The molecule has 0 amide bonds. The fourth-order valence-corrected chi connectivity index (χ4v) is 0.813. The first-order valence-electron chi connectivity index (χ1n) is 2.62. The van der Waals surface area contributed by atoms with E-state index in [0.717, 1.165) is 0 Å². The van der Waals surface area contributed by atoms with Crippen LogP contribution in [-0.4, -0.2) is 4.98 Å². The summed E-state index contributed by atoms with van der Waals surface area (Å²) in [6.07, 6.45) is 6.61. The van der Waals surface area contributed by atoms with E-state index in [1.807, 2.05) is 0 Å². The van der Waals surface area contributed by atoms with Crippen LogP contribution in [0.15, 0.2) is 12.3 Å². The molecule has 0 radical (unpaired) electrons. The van der Waals surface area contributed by atoms with E-state index in [4.69, 9.17) is 23.8 Å². The summed E-state index contributed by atoms with van der Waals surface area (Å²) in [5.41, 5.74) is 6.42. The predicted octanol–water partition coefficient (Wildman–Crippen LogP) is 1.30. The van der Waals surface area contributed by atoms with Crippen molar-refractivity contribution in [3.63, 3.8) is 0 Å². The molecule has 0 aliphatic rings. The van der Waals surface area contributed by atoms with Gasteiger partial charge in [0.25, 0.3) is 0 Å². The lowest BCUT2D eigenvalue weighted by atomic mass is 10.2. The van der Waals surface area contributed by atoms with Crippen molar-refractivity contribution in [3.8, 4) is 12.3 Å². The zero-order valence-corrected chi connectivity index (χ0v) is 5.89. The van der Waals surface area contributed by atoms with E-state index in [2.05, 4.69) is 10.9 Å². The van der Waals surface area contributed by atoms with Crippen molar-refractivity contribution in [2.75, 3.05) is 5.73 Å². The highest BCUT2D eigenvalue weighted by molar-refractivity contribution is 6.30. The smallest absolute Gasteiger partial charge is 0.146 e. The van der Waals surface area contributed by atoms with Gasteiger partial charge in [0, 0.05) is 6.20 Å². The summed E-state index contributed by atoms with van der Waals surface area (Å²) in [6, 6.07) is 1.61. The van der Waals surface area contributed by atoms with Crippen LogP contribution in [0.2, 0.25) is 5.15 Å². The molecule has 0 aromatic carbocycles. The van der Waals surface area contributed by atoms with Crippen LogP contribution in [0.3, 0.4) is 0 Å². The topological polar surface area (TPSA) is 38.9 Å². The first-order valence-corrected chi connectivity index (χ1v) is 3.00. The van der Waals surface area contributed by atoms with Gasteiger partial charge in [0.05, 0.1) is 11.3 Å². The van der Waals surface area contributed by atoms with Crippen molar-refractivity contribution in [1.29, 1.82) is 0 Å². The maximum Gasteiger partial charge on any atom is 0.146 e. The van der Waals surface area contributed by atoms with Crippen LogP contribution in [-0.2, 0) is 0 Å². The number of aromatic nitrogens is 1. The van der Waals surface area contributed by atoms with Gasteiger partial charge in [-0.25, -0.2) is 4.98 Å². The summed E-state index contributed by atoms with van der Waals surface area (Å²) in [5.74, 6) is 2.34. The zero-order valence-electron chi connectivity index (χ0n) is 5.13. The monoisotopic (exact) mass is 152 g/mol. The number of hydrogen-bond donors (Lipinski definition) is 1. The standard InChI is InChI=1S/C7H5ClN2/c1-2-5-6(9)3-4-10-7(5)8/h1,3-4H,(H2,9,10). The molecule has 0 fully saturated rings. The highest BCUT2D eigenvalue weighted by atomic mass is 35.5. The number of anilines is 1. The summed E-state index contributed by atoms with van der Waals surface area (Å²) in [5, 5.41) is 0.280. The molecule has 1 aromatic rings. The first-order chi connectivity index (χ1) is 4.75. The van der Waals surface area contributed by atoms with Gasteiger partial charge in [0.1, 0.15) is 5.15 Å². The fourth-order valence-electron chi connectivity index (χ4n) is 0.593. The van der Waals surface area contributed by atoms with Crippen molar-refractivity contribution in [1.82, 2.24) is 4.98 Å². The number of nitrogens with zero attached hydrogens (tertiary/aromatic N) is 1. The Hall–Kier alpha value is -1.20. The van der Waals surface area contributed by atoms with Crippen LogP contribution < -0.4 is 5.73 Å². The molecule has 3 heteroatoms. The average molecular weight is 153 g/mol. The molecular formula is C7H5ClN2. The fraction of sp³-hybridized carbons (Fsp3) is 0. The van der Waals surface area contributed by atoms with Crippen molar-refractivity contribution in [2.45, 2.75) is 0 Å². The highest BCUT2D eigenvalue weighted by Gasteiger charge is 1.99. The second-order valence-corrected chi connectivity index (χ2v) is 2.07. The van der Waals surface area contributed by atoms with Gasteiger partial charge in [-0.15, -0.1) is 6.42 Å². The third-order valence-electron chi connectivity index (χ3n) is 1.08. The van der Waals surface area contributed by atoms with E-state index in [1.165, 1.54) is 6.20 Å². The van der Waals surface area contributed by atoms with Crippen LogP contribution in [0.25, 0.3) is 0 Å². The largest absolute Gasteiger partial charge is 0.398 e. The van der Waals surface area contributed by atoms with E-state index in [-0.39, 0.29) is 5.15 Å². The van der Waals surface area contributed by atoms with Gasteiger partial charge in [-0.05, 0) is 6.07 Å². The number of terminal acetylenes is 1. The lowest BCUT2D eigenvalue weighted by Gasteiger charge is -1.97. The Morgan fingerprint density at radius 3 is 2.80 bits per heavy atom. The van der Waals surface area contributed by atoms with Crippen molar-refractivity contribution >= 4 is 17.3 Å². The maximum absolute atomic E-state index is 5.60. The van der Waals surface area contributed by atoms with Gasteiger partial charge in [0.2, 0.25) is 0 Å². The minimum atomic E-state index is 0.280. The van der Waals surface area contributed by atoms with E-state index in [0.29, 0.717) is 11.3 Å². The van der Waals surface area contributed by atoms with Gasteiger partial charge in [-0.3, -0.25) is 0 Å². The molecule has 1 heterocycles. The Labute approximate surface area is 64.0 Å². The molecule has 2 nitrogen and oxygen atoms in total. The van der Waals surface area contributed by atoms with Gasteiger partial charge >= 0.3 is 0 Å². The Morgan fingerprint density at radius 1 is 1.70 bits per heavy atom. The third kappa shape index (κ3) is 1.04. The SMILES string of the molecule is C#Cc1c(N)ccnc1Cl. The molecule has 2 N–H and O–H groups in total. The predicted molar refractivity (Wildman–Crippen MR) is 41.6 cm³/mol. The Balaban J connectivity index is 3.34. The average Bonchev–Trinajstić information content (AvgIpc) is 1.88. The molecule has 0 unspecified atom stereocenters. The second kappa shape index (κ2) is 2.59. The second-order valence-electron chi connectivity index (χ2n) is 1.71. The van der Waals surface area contributed by atoms with Crippen LogP contribution in [0.5, 0.6) is 0 Å². The van der Waals surface area contributed by atoms with Crippen molar-refractivity contribution in [3.05, 3.63) is 23.0 Å². The molecule has 0 atom stereocenters. The van der Waals surface area contributed by atoms with Crippen LogP contribution in [0, 0.1) is 12.3 Å². The number of hydrogen-bond acceptors (Lipinski definition) is 2. The van der Waals surface area contributed by atoms with Gasteiger partial charge < -0.3 is 5.73 Å². The molecule has 50 valence electrons. The molecule has 1 aromatic heterocycles. The lowest BCUT2D eigenvalue weighted by Crippen LogP contribution is -1.91. The van der Waals surface area contributed by atoms with E-state index >= 15 is 0 Å². The highest BCUT2D eigenvalue weighted by Crippen LogP contribution is 2.16. The molecule has 0 aliphatic carbocycles. The molecule has 0 bridgehead atoms. The quantitative estimate of drug-likeness (QED) is 0.450. The summed E-state index contributed by atoms with van der Waals surface area (Å²) in [7, 11) is 0. The van der Waals surface area contributed by atoms with Crippen molar-refractivity contribution < 1.29 is 0 Å². The molecule has 0 saturated carbocycles. The number of nitrogen functional groups attached to an aromatic ring is 1. The van der Waals surface area contributed by atoms with Gasteiger partial charge in [-0.2, -0.15) is 0 Å².